The van der Waals surface area contributed by atoms with Gasteiger partial charge in [-0.25, -0.2) is 0 Å². The van der Waals surface area contributed by atoms with Crippen molar-refractivity contribution >= 4 is 40.7 Å². The minimum atomic E-state index is -0.133. The monoisotopic (exact) mass is 391 g/mol. The number of halogens is 2. The van der Waals surface area contributed by atoms with E-state index >= 15 is 0 Å². The van der Waals surface area contributed by atoms with E-state index < -0.39 is 0 Å². The fourth-order valence-corrected chi connectivity index (χ4v) is 3.25. The zero-order chi connectivity index (χ0) is 18.5. The Morgan fingerprint density at radius 2 is 1.62 bits per heavy atom. The topological polar surface area (TPSA) is 52.7 Å². The van der Waals surface area contributed by atoms with Gasteiger partial charge in [0.15, 0.2) is 0 Å². The van der Waals surface area contributed by atoms with E-state index in [1.807, 2.05) is 35.2 Å². The number of nitrogens with one attached hydrogen (secondary N) is 1. The third-order valence-electron chi connectivity index (χ3n) is 4.27. The summed E-state index contributed by atoms with van der Waals surface area (Å²) in [6.07, 6.45) is 0. The number of benzene rings is 2. The molecule has 0 radical (unpaired) electrons. The number of hydrogen-bond acceptors (Lipinski definition) is 3. The molecular weight excluding hydrogens is 373 g/mol. The molecule has 0 saturated carbocycles. The smallest absolute Gasteiger partial charge is 0.255 e. The highest BCUT2D eigenvalue weighted by Gasteiger charge is 2.25. The van der Waals surface area contributed by atoms with Crippen molar-refractivity contribution in [3.8, 4) is 0 Å². The molecule has 1 aliphatic rings. The molecule has 136 valence electrons. The Hall–Kier alpha value is -2.08. The lowest BCUT2D eigenvalue weighted by Gasteiger charge is -2.34. The highest BCUT2D eigenvalue weighted by molar-refractivity contribution is 6.43. The first-order valence-electron chi connectivity index (χ1n) is 8.35. The zero-order valence-corrected chi connectivity index (χ0v) is 15.6. The van der Waals surface area contributed by atoms with E-state index in [-0.39, 0.29) is 16.8 Å². The van der Waals surface area contributed by atoms with Gasteiger partial charge in [-0.3, -0.25) is 14.5 Å². The van der Waals surface area contributed by atoms with Crippen LogP contribution in [0.3, 0.4) is 0 Å². The fourth-order valence-electron chi connectivity index (χ4n) is 2.87. The summed E-state index contributed by atoms with van der Waals surface area (Å²) >= 11 is 12.1. The van der Waals surface area contributed by atoms with Crippen molar-refractivity contribution in [2.45, 2.75) is 0 Å². The van der Waals surface area contributed by atoms with E-state index in [9.17, 15) is 9.59 Å². The van der Waals surface area contributed by atoms with Crippen LogP contribution in [0.1, 0.15) is 10.4 Å². The Morgan fingerprint density at radius 1 is 0.923 bits per heavy atom. The molecule has 2 aromatic carbocycles. The van der Waals surface area contributed by atoms with Gasteiger partial charge < -0.3 is 10.2 Å². The molecule has 2 amide bonds. The molecule has 0 spiro atoms. The van der Waals surface area contributed by atoms with E-state index in [2.05, 4.69) is 5.32 Å². The van der Waals surface area contributed by atoms with Gasteiger partial charge in [0.25, 0.3) is 5.91 Å². The summed E-state index contributed by atoms with van der Waals surface area (Å²) in [5.74, 6) is -0.195. The molecule has 0 aliphatic carbocycles. The van der Waals surface area contributed by atoms with Crippen LogP contribution in [0.25, 0.3) is 0 Å². The Morgan fingerprint density at radius 3 is 2.31 bits per heavy atom. The Bertz CT molecular complexity index is 791. The van der Waals surface area contributed by atoms with Crippen LogP contribution in [0.15, 0.2) is 48.5 Å². The number of nitrogens with zero attached hydrogens (tertiary/aromatic N) is 2. The van der Waals surface area contributed by atoms with Gasteiger partial charge in [0, 0.05) is 31.9 Å². The highest BCUT2D eigenvalue weighted by Crippen LogP contribution is 2.26. The molecule has 2 aromatic rings. The summed E-state index contributed by atoms with van der Waals surface area (Å²) in [5, 5.41) is 3.52. The van der Waals surface area contributed by atoms with Crippen molar-refractivity contribution < 1.29 is 9.59 Å². The lowest BCUT2D eigenvalue weighted by Crippen LogP contribution is -2.50. The van der Waals surface area contributed by atoms with Crippen LogP contribution in [0.2, 0.25) is 10.0 Å². The Kier molecular flexibility index (Phi) is 6.14. The molecule has 1 aliphatic heterocycles. The maximum Gasteiger partial charge on any atom is 0.255 e. The molecule has 0 unspecified atom stereocenters. The molecule has 0 bridgehead atoms. The van der Waals surface area contributed by atoms with Gasteiger partial charge in [0.1, 0.15) is 0 Å². The number of amides is 2. The summed E-state index contributed by atoms with van der Waals surface area (Å²) in [6, 6.07) is 14.4. The third kappa shape index (κ3) is 4.55. The normalized spacial score (nSPS) is 14.9. The number of para-hydroxylation sites is 1. The number of piperazine rings is 1. The van der Waals surface area contributed by atoms with E-state index in [4.69, 9.17) is 23.2 Å². The van der Waals surface area contributed by atoms with Gasteiger partial charge in [-0.1, -0.05) is 47.5 Å². The lowest BCUT2D eigenvalue weighted by molar-refractivity contribution is -0.117. The van der Waals surface area contributed by atoms with Gasteiger partial charge >= 0.3 is 0 Å². The maximum absolute atomic E-state index is 12.6. The van der Waals surface area contributed by atoms with E-state index in [0.29, 0.717) is 43.3 Å². The number of carbonyl (C=O) groups excluding carboxylic acids is 2. The van der Waals surface area contributed by atoms with Crippen molar-refractivity contribution in [1.82, 2.24) is 9.80 Å². The van der Waals surface area contributed by atoms with Crippen LogP contribution in [0.5, 0.6) is 0 Å². The molecule has 7 heteroatoms. The average Bonchev–Trinajstić information content (AvgIpc) is 2.65. The number of anilines is 1. The van der Waals surface area contributed by atoms with E-state index in [0.717, 1.165) is 5.69 Å². The van der Waals surface area contributed by atoms with Crippen LogP contribution < -0.4 is 5.32 Å². The van der Waals surface area contributed by atoms with Crippen molar-refractivity contribution in [3.63, 3.8) is 0 Å². The van der Waals surface area contributed by atoms with Gasteiger partial charge in [0.05, 0.1) is 22.2 Å². The first kappa shape index (κ1) is 18.7. The van der Waals surface area contributed by atoms with Crippen LogP contribution >= 0.6 is 23.2 Å². The maximum atomic E-state index is 12.6. The molecule has 5 nitrogen and oxygen atoms in total. The molecule has 1 saturated heterocycles. The number of hydrogen-bond donors (Lipinski definition) is 1. The van der Waals surface area contributed by atoms with Crippen molar-refractivity contribution in [2.24, 2.45) is 0 Å². The van der Waals surface area contributed by atoms with Crippen molar-refractivity contribution in [1.29, 1.82) is 0 Å². The van der Waals surface area contributed by atoms with Crippen LogP contribution in [0, 0.1) is 0 Å². The molecular formula is C19H19Cl2N3O2. The molecule has 0 atom stereocenters. The first-order valence-corrected chi connectivity index (χ1v) is 9.11. The molecule has 1 heterocycles. The second-order valence-corrected chi connectivity index (χ2v) is 6.87. The minimum Gasteiger partial charge on any atom is -0.336 e. The zero-order valence-electron chi connectivity index (χ0n) is 14.1. The highest BCUT2D eigenvalue weighted by atomic mass is 35.5. The summed E-state index contributed by atoms with van der Waals surface area (Å²) in [4.78, 5) is 28.5. The second-order valence-electron chi connectivity index (χ2n) is 6.08. The summed E-state index contributed by atoms with van der Waals surface area (Å²) in [6.45, 7) is 2.65. The third-order valence-corrected chi connectivity index (χ3v) is 5.09. The minimum absolute atomic E-state index is 0.0612. The standard InChI is InChI=1S/C19H19Cl2N3O2/c20-16-8-4-7-15(18(16)21)19(26)24-11-9-23(10-12-24)13-17(25)22-14-5-2-1-3-6-14/h1-8H,9-13H2,(H,22,25). The SMILES string of the molecule is O=C(CN1CCN(C(=O)c2cccc(Cl)c2Cl)CC1)Nc1ccccc1. The lowest BCUT2D eigenvalue weighted by atomic mass is 10.1. The quantitative estimate of drug-likeness (QED) is 0.868. The largest absolute Gasteiger partial charge is 0.336 e. The number of rotatable bonds is 4. The predicted octanol–water partition coefficient (Wildman–Crippen LogP) is 3.39. The average molecular weight is 392 g/mol. The van der Waals surface area contributed by atoms with Gasteiger partial charge in [-0.15, -0.1) is 0 Å². The van der Waals surface area contributed by atoms with Crippen LogP contribution in [-0.2, 0) is 4.79 Å². The predicted molar refractivity (Wildman–Crippen MR) is 104 cm³/mol. The molecule has 1 N–H and O–H groups in total. The van der Waals surface area contributed by atoms with Crippen molar-refractivity contribution in [3.05, 3.63) is 64.1 Å². The van der Waals surface area contributed by atoms with Gasteiger partial charge in [-0.05, 0) is 24.3 Å². The van der Waals surface area contributed by atoms with E-state index in [1.54, 1.807) is 23.1 Å². The van der Waals surface area contributed by atoms with Gasteiger partial charge in [0.2, 0.25) is 5.91 Å². The van der Waals surface area contributed by atoms with E-state index in [1.165, 1.54) is 0 Å². The summed E-state index contributed by atoms with van der Waals surface area (Å²) in [5.41, 5.74) is 1.19. The summed E-state index contributed by atoms with van der Waals surface area (Å²) in [7, 11) is 0. The summed E-state index contributed by atoms with van der Waals surface area (Å²) < 4.78 is 0. The Balaban J connectivity index is 1.52. The Labute approximate surface area is 162 Å². The second kappa shape index (κ2) is 8.54. The number of carbonyl (C=O) groups is 2. The van der Waals surface area contributed by atoms with Crippen LogP contribution in [0.4, 0.5) is 5.69 Å². The molecule has 0 aromatic heterocycles. The molecule has 3 rings (SSSR count). The van der Waals surface area contributed by atoms with Gasteiger partial charge in [-0.2, -0.15) is 0 Å². The first-order chi connectivity index (χ1) is 12.5. The van der Waals surface area contributed by atoms with Crippen LogP contribution in [-0.4, -0.2) is 54.3 Å². The van der Waals surface area contributed by atoms with Crippen molar-refractivity contribution in [2.75, 3.05) is 38.0 Å². The fraction of sp³-hybridized carbons (Fsp3) is 0.263. The molecule has 1 fully saturated rings. The molecule has 26 heavy (non-hydrogen) atoms.